The Labute approximate surface area is 84.5 Å². The quantitative estimate of drug-likeness (QED) is 0.612. The van der Waals surface area contributed by atoms with Gasteiger partial charge in [0.15, 0.2) is 0 Å². The van der Waals surface area contributed by atoms with Crippen LogP contribution in [0.3, 0.4) is 0 Å². The Hall–Kier alpha value is -1.05. The van der Waals surface area contributed by atoms with E-state index in [4.69, 9.17) is 0 Å². The van der Waals surface area contributed by atoms with Crippen LogP contribution in [0.2, 0.25) is 0 Å². The highest BCUT2D eigenvalue weighted by Gasteiger charge is 2.20. The van der Waals surface area contributed by atoms with E-state index in [2.05, 4.69) is 18.9 Å². The van der Waals surface area contributed by atoms with Crippen molar-refractivity contribution in [3.8, 4) is 0 Å². The van der Waals surface area contributed by atoms with Crippen molar-refractivity contribution in [1.82, 2.24) is 0 Å². The molecular weight excluding hydrogens is 177 g/mol. The van der Waals surface area contributed by atoms with Crippen LogP contribution < -0.4 is 4.90 Å². The average molecular weight is 193 g/mol. The molecule has 0 saturated carbocycles. The topological polar surface area (TPSA) is 3.24 Å². The van der Waals surface area contributed by atoms with Crippen LogP contribution in [-0.2, 0) is 6.42 Å². The van der Waals surface area contributed by atoms with Gasteiger partial charge in [0, 0.05) is 18.8 Å². The molecule has 0 radical (unpaired) electrons. The number of benzene rings is 1. The molecule has 0 aliphatic carbocycles. The third kappa shape index (κ3) is 1.39. The van der Waals surface area contributed by atoms with Crippen LogP contribution in [0, 0.1) is 12.7 Å². The predicted octanol–water partition coefficient (Wildman–Crippen LogP) is 2.91. The van der Waals surface area contributed by atoms with Gasteiger partial charge < -0.3 is 4.90 Å². The van der Waals surface area contributed by atoms with Crippen LogP contribution in [0.1, 0.15) is 24.5 Å². The van der Waals surface area contributed by atoms with E-state index in [0.29, 0.717) is 6.04 Å². The Kier molecular flexibility index (Phi) is 2.22. The second kappa shape index (κ2) is 3.26. The third-order valence-electron chi connectivity index (χ3n) is 3.23. The summed E-state index contributed by atoms with van der Waals surface area (Å²) in [6, 6.07) is 4.21. The third-order valence-corrected chi connectivity index (χ3v) is 3.23. The molecule has 0 bridgehead atoms. The predicted molar refractivity (Wildman–Crippen MR) is 57.3 cm³/mol. The van der Waals surface area contributed by atoms with E-state index in [-0.39, 0.29) is 5.82 Å². The molecule has 2 heteroatoms. The average Bonchev–Trinajstić information content (AvgIpc) is 2.15. The van der Waals surface area contributed by atoms with Gasteiger partial charge in [-0.15, -0.1) is 0 Å². The van der Waals surface area contributed by atoms with Crippen LogP contribution in [0.25, 0.3) is 0 Å². The molecule has 1 nitrogen and oxygen atoms in total. The van der Waals surface area contributed by atoms with E-state index in [1.54, 1.807) is 6.07 Å². The number of halogens is 1. The van der Waals surface area contributed by atoms with Crippen molar-refractivity contribution in [2.45, 2.75) is 32.7 Å². The van der Waals surface area contributed by atoms with Crippen LogP contribution >= 0.6 is 0 Å². The molecule has 1 atom stereocenters. The van der Waals surface area contributed by atoms with Gasteiger partial charge in [0.2, 0.25) is 0 Å². The van der Waals surface area contributed by atoms with E-state index in [0.717, 1.165) is 24.0 Å². The van der Waals surface area contributed by atoms with E-state index >= 15 is 0 Å². The first-order valence-electron chi connectivity index (χ1n) is 5.11. The highest BCUT2D eigenvalue weighted by atomic mass is 19.1. The number of hydrogen-bond donors (Lipinski definition) is 0. The van der Waals surface area contributed by atoms with Crippen molar-refractivity contribution in [2.75, 3.05) is 11.9 Å². The number of nitrogens with zero attached hydrogens (tertiary/aromatic N) is 1. The van der Waals surface area contributed by atoms with Crippen molar-refractivity contribution in [3.05, 3.63) is 29.1 Å². The minimum atomic E-state index is -0.0771. The lowest BCUT2D eigenvalue weighted by atomic mass is 9.96. The summed E-state index contributed by atoms with van der Waals surface area (Å²) in [6.07, 6.45) is 2.12. The normalized spacial score (nSPS) is 20.9. The summed E-state index contributed by atoms with van der Waals surface area (Å²) in [5.74, 6) is -0.0771. The molecule has 76 valence electrons. The molecule has 0 saturated heterocycles. The van der Waals surface area contributed by atoms with Crippen molar-refractivity contribution in [2.24, 2.45) is 0 Å². The van der Waals surface area contributed by atoms with Crippen molar-refractivity contribution < 1.29 is 4.39 Å². The van der Waals surface area contributed by atoms with E-state index in [9.17, 15) is 4.39 Å². The second-order valence-electron chi connectivity index (χ2n) is 4.23. The lowest BCUT2D eigenvalue weighted by Gasteiger charge is -2.34. The van der Waals surface area contributed by atoms with Gasteiger partial charge in [0.25, 0.3) is 0 Å². The van der Waals surface area contributed by atoms with Crippen LogP contribution in [0.15, 0.2) is 12.1 Å². The van der Waals surface area contributed by atoms with Gasteiger partial charge in [0.05, 0.1) is 0 Å². The van der Waals surface area contributed by atoms with Crippen molar-refractivity contribution >= 4 is 5.69 Å². The Bertz CT molecular complexity index is 360. The fourth-order valence-electron chi connectivity index (χ4n) is 2.03. The van der Waals surface area contributed by atoms with Gasteiger partial charge in [0.1, 0.15) is 5.82 Å². The molecule has 1 aliphatic heterocycles. The highest BCUT2D eigenvalue weighted by molar-refractivity contribution is 5.57. The summed E-state index contributed by atoms with van der Waals surface area (Å²) in [5, 5.41) is 0. The molecule has 1 aromatic carbocycles. The fraction of sp³-hybridized carbons (Fsp3) is 0.500. The lowest BCUT2D eigenvalue weighted by molar-refractivity contribution is 0.581. The van der Waals surface area contributed by atoms with Crippen LogP contribution in [0.4, 0.5) is 10.1 Å². The van der Waals surface area contributed by atoms with Gasteiger partial charge in [-0.2, -0.15) is 0 Å². The second-order valence-corrected chi connectivity index (χ2v) is 4.23. The Morgan fingerprint density at radius 2 is 2.14 bits per heavy atom. The standard InChI is InChI=1S/C12H16FN/c1-8-6-12-10(7-11(8)13)5-4-9(2)14(12)3/h6-7,9H,4-5H2,1-3H3. The Morgan fingerprint density at radius 3 is 2.86 bits per heavy atom. The molecule has 14 heavy (non-hydrogen) atoms. The first-order chi connectivity index (χ1) is 6.59. The van der Waals surface area contributed by atoms with E-state index in [1.807, 2.05) is 13.0 Å². The summed E-state index contributed by atoms with van der Waals surface area (Å²) in [5.41, 5.74) is 3.08. The van der Waals surface area contributed by atoms with E-state index in [1.165, 1.54) is 5.69 Å². The zero-order valence-corrected chi connectivity index (χ0v) is 8.97. The fourth-order valence-corrected chi connectivity index (χ4v) is 2.03. The minimum Gasteiger partial charge on any atom is -0.372 e. The summed E-state index contributed by atoms with van der Waals surface area (Å²) in [7, 11) is 2.08. The maximum Gasteiger partial charge on any atom is 0.126 e. The number of hydrogen-bond acceptors (Lipinski definition) is 1. The monoisotopic (exact) mass is 193 g/mol. The van der Waals surface area contributed by atoms with Gasteiger partial charge in [-0.25, -0.2) is 4.39 Å². The van der Waals surface area contributed by atoms with Crippen molar-refractivity contribution in [1.29, 1.82) is 0 Å². The molecule has 0 spiro atoms. The molecule has 0 amide bonds. The molecule has 1 aromatic rings. The molecule has 1 unspecified atom stereocenters. The number of fused-ring (bicyclic) bond motifs is 1. The Morgan fingerprint density at radius 1 is 1.43 bits per heavy atom. The number of rotatable bonds is 0. The van der Waals surface area contributed by atoms with Gasteiger partial charge in [-0.1, -0.05) is 0 Å². The maximum absolute atomic E-state index is 13.3. The first-order valence-corrected chi connectivity index (χ1v) is 5.11. The molecule has 1 heterocycles. The lowest BCUT2D eigenvalue weighted by Crippen LogP contribution is -2.33. The SMILES string of the molecule is Cc1cc2c(cc1F)CCC(C)N2C. The molecule has 0 N–H and O–H groups in total. The molecule has 0 aromatic heterocycles. The number of anilines is 1. The summed E-state index contributed by atoms with van der Waals surface area (Å²) >= 11 is 0. The minimum absolute atomic E-state index is 0.0771. The van der Waals surface area contributed by atoms with Crippen LogP contribution in [-0.4, -0.2) is 13.1 Å². The van der Waals surface area contributed by atoms with E-state index < -0.39 is 0 Å². The zero-order valence-electron chi connectivity index (χ0n) is 8.97. The van der Waals surface area contributed by atoms with Crippen LogP contribution in [0.5, 0.6) is 0 Å². The molecular formula is C12H16FN. The van der Waals surface area contributed by atoms with Gasteiger partial charge in [-0.3, -0.25) is 0 Å². The largest absolute Gasteiger partial charge is 0.372 e. The Balaban J connectivity index is 2.50. The first kappa shape index (κ1) is 9.50. The van der Waals surface area contributed by atoms with Gasteiger partial charge in [-0.05, 0) is 49.9 Å². The van der Waals surface area contributed by atoms with Gasteiger partial charge >= 0.3 is 0 Å². The number of aryl methyl sites for hydroxylation is 2. The smallest absolute Gasteiger partial charge is 0.126 e. The molecule has 1 aliphatic rings. The molecule has 0 fully saturated rings. The maximum atomic E-state index is 13.3. The highest BCUT2D eigenvalue weighted by Crippen LogP contribution is 2.31. The summed E-state index contributed by atoms with van der Waals surface area (Å²) < 4.78 is 13.3. The summed E-state index contributed by atoms with van der Waals surface area (Å²) in [4.78, 5) is 2.24. The van der Waals surface area contributed by atoms with Crippen molar-refractivity contribution in [3.63, 3.8) is 0 Å². The summed E-state index contributed by atoms with van der Waals surface area (Å²) in [6.45, 7) is 4.03. The zero-order chi connectivity index (χ0) is 10.3. The molecule has 2 rings (SSSR count).